The molecule has 5 heteroatoms. The van der Waals surface area contributed by atoms with E-state index in [2.05, 4.69) is 5.10 Å². The minimum atomic E-state index is -0.157. The number of aromatic nitrogens is 3. The van der Waals surface area contributed by atoms with Crippen molar-refractivity contribution in [3.63, 3.8) is 0 Å². The van der Waals surface area contributed by atoms with Gasteiger partial charge in [0.1, 0.15) is 6.33 Å². The molecule has 78 valence electrons. The zero-order valence-corrected chi connectivity index (χ0v) is 8.42. The Morgan fingerprint density at radius 3 is 2.47 bits per heavy atom. The lowest BCUT2D eigenvalue weighted by atomic mass is 10.2. The first-order valence-electron chi connectivity index (χ1n) is 4.62. The van der Waals surface area contributed by atoms with E-state index >= 15 is 0 Å². The van der Waals surface area contributed by atoms with Gasteiger partial charge in [0.15, 0.2) is 0 Å². The van der Waals surface area contributed by atoms with E-state index in [0.717, 1.165) is 11.3 Å². The van der Waals surface area contributed by atoms with Crippen molar-refractivity contribution in [2.75, 3.05) is 0 Å². The van der Waals surface area contributed by atoms with Gasteiger partial charge in [-0.2, -0.15) is 5.10 Å². The SMILES string of the molecule is Cn1ncn(-c2ccc(CN)cc2)c1=O. The summed E-state index contributed by atoms with van der Waals surface area (Å²) in [5.41, 5.74) is 7.16. The van der Waals surface area contributed by atoms with Gasteiger partial charge in [-0.1, -0.05) is 12.1 Å². The third-order valence-electron chi connectivity index (χ3n) is 2.27. The minimum Gasteiger partial charge on any atom is -0.326 e. The quantitative estimate of drug-likeness (QED) is 0.750. The molecule has 0 fully saturated rings. The number of nitrogens with two attached hydrogens (primary N) is 1. The minimum absolute atomic E-state index is 0.157. The summed E-state index contributed by atoms with van der Waals surface area (Å²) in [7, 11) is 1.62. The fourth-order valence-electron chi connectivity index (χ4n) is 1.35. The van der Waals surface area contributed by atoms with Crippen LogP contribution in [0, 0.1) is 0 Å². The number of hydrogen-bond acceptors (Lipinski definition) is 3. The van der Waals surface area contributed by atoms with Crippen molar-refractivity contribution in [3.8, 4) is 5.69 Å². The maximum Gasteiger partial charge on any atom is 0.350 e. The number of hydrogen-bond donors (Lipinski definition) is 1. The van der Waals surface area contributed by atoms with Crippen molar-refractivity contribution in [1.82, 2.24) is 14.3 Å². The molecule has 2 N–H and O–H groups in total. The van der Waals surface area contributed by atoms with Crippen molar-refractivity contribution in [2.24, 2.45) is 12.8 Å². The second kappa shape index (κ2) is 3.70. The molecule has 0 radical (unpaired) electrons. The first kappa shape index (κ1) is 9.67. The molecule has 0 aliphatic heterocycles. The van der Waals surface area contributed by atoms with Gasteiger partial charge in [-0.15, -0.1) is 0 Å². The highest BCUT2D eigenvalue weighted by atomic mass is 16.2. The van der Waals surface area contributed by atoms with Crippen LogP contribution >= 0.6 is 0 Å². The summed E-state index contributed by atoms with van der Waals surface area (Å²) in [4.78, 5) is 11.6. The molecule has 0 saturated heterocycles. The van der Waals surface area contributed by atoms with Gasteiger partial charge in [-0.05, 0) is 17.7 Å². The molecule has 0 saturated carbocycles. The second-order valence-corrected chi connectivity index (χ2v) is 3.28. The van der Waals surface area contributed by atoms with E-state index in [1.165, 1.54) is 15.6 Å². The molecule has 0 atom stereocenters. The summed E-state index contributed by atoms with van der Waals surface area (Å²) >= 11 is 0. The van der Waals surface area contributed by atoms with Gasteiger partial charge in [0.25, 0.3) is 0 Å². The van der Waals surface area contributed by atoms with E-state index < -0.39 is 0 Å². The fourth-order valence-corrected chi connectivity index (χ4v) is 1.35. The third kappa shape index (κ3) is 1.69. The molecule has 1 heterocycles. The van der Waals surface area contributed by atoms with Gasteiger partial charge in [0.05, 0.1) is 5.69 Å². The first-order valence-corrected chi connectivity index (χ1v) is 4.62. The van der Waals surface area contributed by atoms with Gasteiger partial charge in [-0.25, -0.2) is 14.0 Å². The van der Waals surface area contributed by atoms with Crippen LogP contribution in [0.1, 0.15) is 5.56 Å². The Balaban J connectivity index is 2.46. The van der Waals surface area contributed by atoms with Gasteiger partial charge in [0, 0.05) is 13.6 Å². The maximum absolute atomic E-state index is 11.6. The van der Waals surface area contributed by atoms with Gasteiger partial charge in [-0.3, -0.25) is 0 Å². The van der Waals surface area contributed by atoms with Crippen molar-refractivity contribution in [1.29, 1.82) is 0 Å². The zero-order chi connectivity index (χ0) is 10.8. The van der Waals surface area contributed by atoms with Crippen LogP contribution < -0.4 is 11.4 Å². The Labute approximate surface area is 86.8 Å². The fraction of sp³-hybridized carbons (Fsp3) is 0.200. The Morgan fingerprint density at radius 1 is 1.33 bits per heavy atom. The molecule has 0 aliphatic rings. The molecule has 0 amide bonds. The van der Waals surface area contributed by atoms with Crippen LogP contribution in [0.25, 0.3) is 5.69 Å². The number of nitrogens with zero attached hydrogens (tertiary/aromatic N) is 3. The normalized spacial score (nSPS) is 10.5. The predicted octanol–water partition coefficient (Wildman–Crippen LogP) is 0.0297. The predicted molar refractivity (Wildman–Crippen MR) is 56.7 cm³/mol. The van der Waals surface area contributed by atoms with Crippen LogP contribution in [0.5, 0.6) is 0 Å². The van der Waals surface area contributed by atoms with Crippen LogP contribution in [0.15, 0.2) is 35.4 Å². The smallest absolute Gasteiger partial charge is 0.326 e. The van der Waals surface area contributed by atoms with Gasteiger partial charge >= 0.3 is 5.69 Å². The number of benzene rings is 1. The van der Waals surface area contributed by atoms with Crippen molar-refractivity contribution in [3.05, 3.63) is 46.6 Å². The lowest BCUT2D eigenvalue weighted by Crippen LogP contribution is -2.21. The molecular weight excluding hydrogens is 192 g/mol. The molecule has 2 rings (SSSR count). The number of rotatable bonds is 2. The van der Waals surface area contributed by atoms with Crippen molar-refractivity contribution in [2.45, 2.75) is 6.54 Å². The van der Waals surface area contributed by atoms with E-state index in [1.807, 2.05) is 24.3 Å². The molecule has 1 aromatic heterocycles. The van der Waals surface area contributed by atoms with E-state index in [1.54, 1.807) is 7.05 Å². The van der Waals surface area contributed by atoms with E-state index in [0.29, 0.717) is 6.54 Å². The Morgan fingerprint density at radius 2 is 2.00 bits per heavy atom. The molecule has 2 aromatic rings. The summed E-state index contributed by atoms with van der Waals surface area (Å²) < 4.78 is 2.77. The number of aryl methyl sites for hydroxylation is 1. The summed E-state index contributed by atoms with van der Waals surface area (Å²) in [6, 6.07) is 7.50. The first-order chi connectivity index (χ1) is 7.22. The Kier molecular flexibility index (Phi) is 2.39. The van der Waals surface area contributed by atoms with Gasteiger partial charge < -0.3 is 5.73 Å². The molecule has 5 nitrogen and oxygen atoms in total. The summed E-state index contributed by atoms with van der Waals surface area (Å²) in [6.45, 7) is 0.502. The standard InChI is InChI=1S/C10H12N4O/c1-13-10(15)14(7-12-13)9-4-2-8(6-11)3-5-9/h2-5,7H,6,11H2,1H3. The van der Waals surface area contributed by atoms with Crippen LogP contribution in [0.4, 0.5) is 0 Å². The highest BCUT2D eigenvalue weighted by Crippen LogP contribution is 2.06. The van der Waals surface area contributed by atoms with E-state index in [4.69, 9.17) is 5.73 Å². The lowest BCUT2D eigenvalue weighted by molar-refractivity contribution is 0.726. The molecule has 0 aliphatic carbocycles. The Hall–Kier alpha value is -1.88. The monoisotopic (exact) mass is 204 g/mol. The van der Waals surface area contributed by atoms with Crippen LogP contribution in [0.3, 0.4) is 0 Å². The lowest BCUT2D eigenvalue weighted by Gasteiger charge is -2.01. The zero-order valence-electron chi connectivity index (χ0n) is 8.42. The average Bonchev–Trinajstić information content (AvgIpc) is 2.60. The average molecular weight is 204 g/mol. The molecule has 0 unspecified atom stereocenters. The van der Waals surface area contributed by atoms with Crippen LogP contribution in [-0.4, -0.2) is 14.3 Å². The molecule has 0 spiro atoms. The molecule has 1 aromatic carbocycles. The summed E-state index contributed by atoms with van der Waals surface area (Å²) in [5, 5.41) is 3.88. The highest BCUT2D eigenvalue weighted by Gasteiger charge is 2.02. The second-order valence-electron chi connectivity index (χ2n) is 3.28. The summed E-state index contributed by atoms with van der Waals surface area (Å²) in [6.07, 6.45) is 1.50. The molecule has 15 heavy (non-hydrogen) atoms. The highest BCUT2D eigenvalue weighted by molar-refractivity contribution is 5.34. The molecule has 0 bridgehead atoms. The molecular formula is C10H12N4O. The maximum atomic E-state index is 11.6. The van der Waals surface area contributed by atoms with E-state index in [9.17, 15) is 4.79 Å². The third-order valence-corrected chi connectivity index (χ3v) is 2.27. The topological polar surface area (TPSA) is 65.8 Å². The van der Waals surface area contributed by atoms with Crippen LogP contribution in [0.2, 0.25) is 0 Å². The van der Waals surface area contributed by atoms with Crippen LogP contribution in [-0.2, 0) is 13.6 Å². The van der Waals surface area contributed by atoms with E-state index in [-0.39, 0.29) is 5.69 Å². The van der Waals surface area contributed by atoms with Crippen molar-refractivity contribution < 1.29 is 0 Å². The van der Waals surface area contributed by atoms with Gasteiger partial charge in [0.2, 0.25) is 0 Å². The van der Waals surface area contributed by atoms with Crippen molar-refractivity contribution >= 4 is 0 Å². The largest absolute Gasteiger partial charge is 0.350 e. The Bertz CT molecular complexity index is 509. The summed E-state index contributed by atoms with van der Waals surface area (Å²) in [5.74, 6) is 0.